The maximum Gasteiger partial charge on any atom is 0.0457 e. The predicted molar refractivity (Wildman–Crippen MR) is 87.2 cm³/mol. The topological polar surface area (TPSA) is 48.0 Å². The zero-order valence-electron chi connectivity index (χ0n) is 12.7. The fourth-order valence-corrected chi connectivity index (χ4v) is 3.82. The first-order chi connectivity index (χ1) is 10.3. The molecule has 3 nitrogen and oxygen atoms in total. The molecule has 21 heavy (non-hydrogen) atoms. The molecule has 0 saturated heterocycles. The Morgan fingerprint density at radius 2 is 2.00 bits per heavy atom. The molecule has 1 aromatic carbocycles. The lowest BCUT2D eigenvalue weighted by Crippen LogP contribution is -2.36. The van der Waals surface area contributed by atoms with Gasteiger partial charge in [0.2, 0.25) is 0 Å². The number of hydrogen-bond donors (Lipinski definition) is 3. The van der Waals surface area contributed by atoms with E-state index in [9.17, 15) is 5.11 Å². The van der Waals surface area contributed by atoms with Crippen LogP contribution >= 0.6 is 0 Å². The highest BCUT2D eigenvalue weighted by Gasteiger charge is 2.30. The highest BCUT2D eigenvalue weighted by atomic mass is 16.3. The van der Waals surface area contributed by atoms with E-state index >= 15 is 0 Å². The number of hydrogen-bond acceptors (Lipinski definition) is 2. The minimum atomic E-state index is 0.315. The van der Waals surface area contributed by atoms with Gasteiger partial charge < -0.3 is 15.4 Å². The summed E-state index contributed by atoms with van der Waals surface area (Å²) in [4.78, 5) is 3.27. The molecular weight excluding hydrogens is 260 g/mol. The lowest BCUT2D eigenvalue weighted by Gasteiger charge is -2.37. The number of fused-ring (bicyclic) bond motifs is 1. The van der Waals surface area contributed by atoms with Crippen LogP contribution in [0, 0.1) is 5.41 Å². The first-order valence-corrected chi connectivity index (χ1v) is 8.20. The van der Waals surface area contributed by atoms with E-state index in [0.29, 0.717) is 12.0 Å². The van der Waals surface area contributed by atoms with Crippen molar-refractivity contribution in [2.24, 2.45) is 5.41 Å². The SMILES string of the molecule is OCCC1(CNCc2cccc3[nH]ccc23)CCCCC1. The standard InChI is InChI=1S/C18H26N2O/c21-12-10-18(8-2-1-3-9-18)14-19-13-15-5-4-6-17-16(15)7-11-20-17/h4-7,11,19-21H,1-3,8-10,12-14H2. The molecule has 1 fully saturated rings. The van der Waals surface area contributed by atoms with Gasteiger partial charge in [-0.25, -0.2) is 0 Å². The summed E-state index contributed by atoms with van der Waals surface area (Å²) in [5.74, 6) is 0. The number of aromatic nitrogens is 1. The third-order valence-corrected chi connectivity index (χ3v) is 5.06. The summed E-state index contributed by atoms with van der Waals surface area (Å²) in [6, 6.07) is 8.58. The quantitative estimate of drug-likeness (QED) is 0.760. The van der Waals surface area contributed by atoms with Crippen molar-refractivity contribution >= 4 is 10.9 Å². The smallest absolute Gasteiger partial charge is 0.0457 e. The molecule has 0 unspecified atom stereocenters. The minimum Gasteiger partial charge on any atom is -0.396 e. The van der Waals surface area contributed by atoms with Crippen LogP contribution in [-0.2, 0) is 6.54 Å². The molecule has 0 aliphatic heterocycles. The van der Waals surface area contributed by atoms with Crippen molar-refractivity contribution < 1.29 is 5.11 Å². The lowest BCUT2D eigenvalue weighted by atomic mass is 9.72. The average molecular weight is 286 g/mol. The molecule has 0 atom stereocenters. The average Bonchev–Trinajstić information content (AvgIpc) is 2.98. The van der Waals surface area contributed by atoms with E-state index in [0.717, 1.165) is 19.5 Å². The van der Waals surface area contributed by atoms with Crippen LogP contribution in [0.3, 0.4) is 0 Å². The van der Waals surface area contributed by atoms with Crippen LogP contribution in [0.1, 0.15) is 44.1 Å². The van der Waals surface area contributed by atoms with Crippen molar-refractivity contribution in [3.05, 3.63) is 36.0 Å². The molecule has 1 heterocycles. The summed E-state index contributed by atoms with van der Waals surface area (Å²) in [5, 5.41) is 14.3. The molecule has 0 amide bonds. The molecule has 1 saturated carbocycles. The fourth-order valence-electron chi connectivity index (χ4n) is 3.82. The fraction of sp³-hybridized carbons (Fsp3) is 0.556. The van der Waals surface area contributed by atoms with E-state index < -0.39 is 0 Å². The van der Waals surface area contributed by atoms with Crippen LogP contribution in [0.5, 0.6) is 0 Å². The van der Waals surface area contributed by atoms with Crippen LogP contribution in [0.15, 0.2) is 30.5 Å². The van der Waals surface area contributed by atoms with Gasteiger partial charge in [0.1, 0.15) is 0 Å². The molecule has 0 radical (unpaired) electrons. The first kappa shape index (κ1) is 14.6. The van der Waals surface area contributed by atoms with Gasteiger partial charge in [0.15, 0.2) is 0 Å². The number of nitrogens with one attached hydrogen (secondary N) is 2. The highest BCUT2D eigenvalue weighted by molar-refractivity contribution is 5.82. The molecule has 3 heteroatoms. The van der Waals surface area contributed by atoms with E-state index in [1.54, 1.807) is 0 Å². The monoisotopic (exact) mass is 286 g/mol. The Kier molecular flexibility index (Phi) is 4.61. The van der Waals surface area contributed by atoms with Gasteiger partial charge in [0, 0.05) is 36.8 Å². The number of aliphatic hydroxyl groups is 1. The minimum absolute atomic E-state index is 0.315. The third kappa shape index (κ3) is 3.30. The Balaban J connectivity index is 1.63. The van der Waals surface area contributed by atoms with Gasteiger partial charge in [-0.3, -0.25) is 0 Å². The molecule has 2 aromatic rings. The van der Waals surface area contributed by atoms with Gasteiger partial charge >= 0.3 is 0 Å². The first-order valence-electron chi connectivity index (χ1n) is 8.20. The van der Waals surface area contributed by atoms with Gasteiger partial charge in [0.05, 0.1) is 0 Å². The molecule has 3 N–H and O–H groups in total. The normalized spacial score (nSPS) is 18.1. The Morgan fingerprint density at radius 3 is 2.81 bits per heavy atom. The van der Waals surface area contributed by atoms with Crippen molar-refractivity contribution in [2.45, 2.75) is 45.1 Å². The third-order valence-electron chi connectivity index (χ3n) is 5.06. The Morgan fingerprint density at radius 1 is 1.14 bits per heavy atom. The number of H-pyrrole nitrogens is 1. The summed E-state index contributed by atoms with van der Waals surface area (Å²) < 4.78 is 0. The summed E-state index contributed by atoms with van der Waals surface area (Å²) in [6.07, 6.45) is 9.45. The molecule has 1 aliphatic rings. The number of benzene rings is 1. The van der Waals surface area contributed by atoms with Crippen LogP contribution in [0.25, 0.3) is 10.9 Å². The van der Waals surface area contributed by atoms with Crippen LogP contribution in [-0.4, -0.2) is 23.2 Å². The summed E-state index contributed by atoms with van der Waals surface area (Å²) in [6.45, 7) is 2.24. The lowest BCUT2D eigenvalue weighted by molar-refractivity contribution is 0.126. The molecule has 3 rings (SSSR count). The van der Waals surface area contributed by atoms with Crippen LogP contribution in [0.4, 0.5) is 0 Å². The number of rotatable bonds is 6. The second-order valence-corrected chi connectivity index (χ2v) is 6.49. The van der Waals surface area contributed by atoms with Gasteiger partial charge in [-0.1, -0.05) is 31.4 Å². The Labute approximate surface area is 126 Å². The molecule has 1 aromatic heterocycles. The molecule has 0 spiro atoms. The second-order valence-electron chi connectivity index (χ2n) is 6.49. The van der Waals surface area contributed by atoms with E-state index in [2.05, 4.69) is 34.6 Å². The maximum atomic E-state index is 9.38. The van der Waals surface area contributed by atoms with E-state index in [1.807, 2.05) is 6.20 Å². The second kappa shape index (κ2) is 6.63. The van der Waals surface area contributed by atoms with Crippen molar-refractivity contribution in [2.75, 3.05) is 13.2 Å². The van der Waals surface area contributed by atoms with Gasteiger partial charge in [0.25, 0.3) is 0 Å². The van der Waals surface area contributed by atoms with E-state index in [-0.39, 0.29) is 0 Å². The van der Waals surface area contributed by atoms with Crippen LogP contribution < -0.4 is 5.32 Å². The zero-order chi connectivity index (χ0) is 14.5. The number of aromatic amines is 1. The zero-order valence-corrected chi connectivity index (χ0v) is 12.7. The Bertz CT molecular complexity index is 564. The summed E-state index contributed by atoms with van der Waals surface area (Å²) in [5.41, 5.74) is 2.87. The highest BCUT2D eigenvalue weighted by Crippen LogP contribution is 2.38. The summed E-state index contributed by atoms with van der Waals surface area (Å²) in [7, 11) is 0. The molecule has 114 valence electrons. The van der Waals surface area contributed by atoms with Gasteiger partial charge in [-0.15, -0.1) is 0 Å². The van der Waals surface area contributed by atoms with Gasteiger partial charge in [-0.05, 0) is 42.4 Å². The van der Waals surface area contributed by atoms with Gasteiger partial charge in [-0.2, -0.15) is 0 Å². The largest absolute Gasteiger partial charge is 0.396 e. The van der Waals surface area contributed by atoms with Crippen molar-refractivity contribution in [3.63, 3.8) is 0 Å². The predicted octanol–water partition coefficient (Wildman–Crippen LogP) is 3.59. The molecule has 0 bridgehead atoms. The van der Waals surface area contributed by atoms with Crippen molar-refractivity contribution in [1.29, 1.82) is 0 Å². The van der Waals surface area contributed by atoms with E-state index in [4.69, 9.17) is 0 Å². The maximum absolute atomic E-state index is 9.38. The van der Waals surface area contributed by atoms with Crippen molar-refractivity contribution in [3.8, 4) is 0 Å². The van der Waals surface area contributed by atoms with Crippen molar-refractivity contribution in [1.82, 2.24) is 10.3 Å². The molecular formula is C18H26N2O. The van der Waals surface area contributed by atoms with Crippen LogP contribution in [0.2, 0.25) is 0 Å². The summed E-state index contributed by atoms with van der Waals surface area (Å²) >= 11 is 0. The molecule has 1 aliphatic carbocycles. The van der Waals surface area contributed by atoms with E-state index in [1.165, 1.54) is 48.6 Å². The number of aliphatic hydroxyl groups excluding tert-OH is 1. The Hall–Kier alpha value is -1.32.